The zero-order valence-corrected chi connectivity index (χ0v) is 13.4. The Balaban J connectivity index is 2.32. The van der Waals surface area contributed by atoms with E-state index in [0.717, 1.165) is 0 Å². The maximum Gasteiger partial charge on any atom is 0.407 e. The summed E-state index contributed by atoms with van der Waals surface area (Å²) in [7, 11) is 0. The standard InChI is InChI=1S/C16H21FN2O4/c1-16(2,3)14-8-18(4-5-19(14)15(22)23)10-6-12(17)11(9-20)13(21)7-10/h6-7,9,14,21H,4-5,8H2,1-3H3,(H,22,23). The summed E-state index contributed by atoms with van der Waals surface area (Å²) in [4.78, 5) is 25.4. The first-order chi connectivity index (χ1) is 10.6. The van der Waals surface area contributed by atoms with Gasteiger partial charge < -0.3 is 20.0 Å². The molecule has 1 aliphatic rings. The Morgan fingerprint density at radius 3 is 2.48 bits per heavy atom. The highest BCUT2D eigenvalue weighted by Gasteiger charge is 2.38. The van der Waals surface area contributed by atoms with Gasteiger partial charge in [0.1, 0.15) is 11.6 Å². The molecule has 1 fully saturated rings. The molecule has 0 radical (unpaired) electrons. The van der Waals surface area contributed by atoms with Gasteiger partial charge in [-0.05, 0) is 11.5 Å². The largest absolute Gasteiger partial charge is 0.507 e. The van der Waals surface area contributed by atoms with Crippen molar-refractivity contribution in [3.8, 4) is 5.75 Å². The zero-order chi connectivity index (χ0) is 17.4. The molecule has 6 nitrogen and oxygen atoms in total. The van der Waals surface area contributed by atoms with Gasteiger partial charge in [-0.2, -0.15) is 0 Å². The number of aldehydes is 1. The summed E-state index contributed by atoms with van der Waals surface area (Å²) in [5.74, 6) is -1.20. The van der Waals surface area contributed by atoms with Crippen molar-refractivity contribution in [2.75, 3.05) is 24.5 Å². The molecule has 23 heavy (non-hydrogen) atoms. The van der Waals surface area contributed by atoms with E-state index in [4.69, 9.17) is 0 Å². The van der Waals surface area contributed by atoms with E-state index in [1.165, 1.54) is 17.0 Å². The lowest BCUT2D eigenvalue weighted by atomic mass is 9.84. The van der Waals surface area contributed by atoms with Crippen LogP contribution in [0.2, 0.25) is 0 Å². The Kier molecular flexibility index (Phi) is 4.49. The van der Waals surface area contributed by atoms with Crippen LogP contribution in [0, 0.1) is 11.2 Å². The van der Waals surface area contributed by atoms with E-state index < -0.39 is 17.7 Å². The molecule has 0 saturated carbocycles. The summed E-state index contributed by atoms with van der Waals surface area (Å²) in [5.41, 5.74) is -0.226. The first-order valence-electron chi connectivity index (χ1n) is 7.37. The molecule has 7 heteroatoms. The number of carbonyl (C=O) groups is 2. The molecule has 1 heterocycles. The molecule has 2 rings (SSSR count). The molecule has 0 spiro atoms. The number of amides is 1. The van der Waals surface area contributed by atoms with E-state index in [1.54, 1.807) is 0 Å². The van der Waals surface area contributed by atoms with Crippen molar-refractivity contribution in [2.24, 2.45) is 5.41 Å². The van der Waals surface area contributed by atoms with Crippen molar-refractivity contribution in [2.45, 2.75) is 26.8 Å². The average Bonchev–Trinajstić information content (AvgIpc) is 2.45. The van der Waals surface area contributed by atoms with Crippen LogP contribution in [0.4, 0.5) is 14.9 Å². The van der Waals surface area contributed by atoms with Crippen LogP contribution >= 0.6 is 0 Å². The van der Waals surface area contributed by atoms with Crippen LogP contribution in [0.25, 0.3) is 0 Å². The second-order valence-corrected chi connectivity index (χ2v) is 6.78. The summed E-state index contributed by atoms with van der Waals surface area (Å²) in [6.07, 6.45) is -0.704. The van der Waals surface area contributed by atoms with Crippen molar-refractivity contribution in [3.05, 3.63) is 23.5 Å². The molecule has 1 unspecified atom stereocenters. The van der Waals surface area contributed by atoms with Gasteiger partial charge in [0.25, 0.3) is 0 Å². The van der Waals surface area contributed by atoms with Gasteiger partial charge >= 0.3 is 6.09 Å². The number of phenols is 1. The Morgan fingerprint density at radius 2 is 2.00 bits per heavy atom. The Labute approximate surface area is 134 Å². The first-order valence-corrected chi connectivity index (χ1v) is 7.37. The fraction of sp³-hybridized carbons (Fsp3) is 0.500. The molecule has 0 aromatic heterocycles. The highest BCUT2D eigenvalue weighted by molar-refractivity contribution is 5.81. The SMILES string of the molecule is CC(C)(C)C1CN(c2cc(O)c(C=O)c(F)c2)CCN1C(=O)O. The maximum absolute atomic E-state index is 13.9. The van der Waals surface area contributed by atoms with Crippen molar-refractivity contribution in [1.82, 2.24) is 4.90 Å². The number of halogens is 1. The number of nitrogens with zero attached hydrogens (tertiary/aromatic N) is 2. The number of hydrogen-bond acceptors (Lipinski definition) is 4. The number of anilines is 1. The molecular weight excluding hydrogens is 303 g/mol. The molecule has 2 N–H and O–H groups in total. The molecule has 0 aliphatic carbocycles. The number of carboxylic acid groups (broad SMARTS) is 1. The van der Waals surface area contributed by atoms with Gasteiger partial charge in [0.15, 0.2) is 6.29 Å². The molecule has 0 bridgehead atoms. The summed E-state index contributed by atoms with van der Waals surface area (Å²) >= 11 is 0. The number of piperazine rings is 1. The third-order valence-electron chi connectivity index (χ3n) is 4.20. The van der Waals surface area contributed by atoms with Crippen LogP contribution in [0.5, 0.6) is 5.75 Å². The van der Waals surface area contributed by atoms with Crippen molar-refractivity contribution in [1.29, 1.82) is 0 Å². The third-order valence-corrected chi connectivity index (χ3v) is 4.20. The minimum Gasteiger partial charge on any atom is -0.507 e. The molecule has 1 aliphatic heterocycles. The van der Waals surface area contributed by atoms with E-state index in [1.807, 2.05) is 25.7 Å². The van der Waals surface area contributed by atoms with Gasteiger partial charge in [0.2, 0.25) is 0 Å². The highest BCUT2D eigenvalue weighted by atomic mass is 19.1. The van der Waals surface area contributed by atoms with Gasteiger partial charge in [0.05, 0.1) is 11.6 Å². The highest BCUT2D eigenvalue weighted by Crippen LogP contribution is 2.32. The number of phenolic OH excluding ortho intramolecular Hbond substituents is 1. The number of aromatic hydroxyl groups is 1. The van der Waals surface area contributed by atoms with E-state index in [0.29, 0.717) is 18.8 Å². The number of benzene rings is 1. The van der Waals surface area contributed by atoms with Crippen LogP contribution in [0.15, 0.2) is 12.1 Å². The summed E-state index contributed by atoms with van der Waals surface area (Å²) in [6, 6.07) is 2.26. The number of carbonyl (C=O) groups excluding carboxylic acids is 1. The molecule has 1 saturated heterocycles. The van der Waals surface area contributed by atoms with Crippen LogP contribution in [0.3, 0.4) is 0 Å². The fourth-order valence-electron chi connectivity index (χ4n) is 2.88. The maximum atomic E-state index is 13.9. The smallest absolute Gasteiger partial charge is 0.407 e. The van der Waals surface area contributed by atoms with Gasteiger partial charge in [0, 0.05) is 31.4 Å². The monoisotopic (exact) mass is 324 g/mol. The second-order valence-electron chi connectivity index (χ2n) is 6.78. The summed E-state index contributed by atoms with van der Waals surface area (Å²) in [5, 5.41) is 19.1. The lowest BCUT2D eigenvalue weighted by Gasteiger charge is -2.46. The first kappa shape index (κ1) is 17.1. The third kappa shape index (κ3) is 3.38. The molecule has 1 aromatic carbocycles. The molecule has 1 amide bonds. The molecule has 1 atom stereocenters. The minimum absolute atomic E-state index is 0.273. The zero-order valence-electron chi connectivity index (χ0n) is 13.4. The minimum atomic E-state index is -0.977. The van der Waals surface area contributed by atoms with Gasteiger partial charge in [-0.1, -0.05) is 20.8 Å². The van der Waals surface area contributed by atoms with E-state index in [2.05, 4.69) is 0 Å². The lowest BCUT2D eigenvalue weighted by molar-refractivity contribution is 0.0748. The van der Waals surface area contributed by atoms with Crippen LogP contribution in [0.1, 0.15) is 31.1 Å². The molecular formula is C16H21FN2O4. The fourth-order valence-corrected chi connectivity index (χ4v) is 2.88. The quantitative estimate of drug-likeness (QED) is 0.817. The van der Waals surface area contributed by atoms with Crippen LogP contribution < -0.4 is 4.90 Å². The van der Waals surface area contributed by atoms with Crippen molar-refractivity contribution in [3.63, 3.8) is 0 Å². The van der Waals surface area contributed by atoms with Crippen molar-refractivity contribution >= 4 is 18.1 Å². The lowest BCUT2D eigenvalue weighted by Crippen LogP contribution is -2.59. The number of rotatable bonds is 2. The topological polar surface area (TPSA) is 81.1 Å². The van der Waals surface area contributed by atoms with Crippen LogP contribution in [-0.2, 0) is 0 Å². The van der Waals surface area contributed by atoms with Gasteiger partial charge in [-0.3, -0.25) is 4.79 Å². The van der Waals surface area contributed by atoms with E-state index in [-0.39, 0.29) is 29.9 Å². The Hall–Kier alpha value is -2.31. The Bertz CT molecular complexity index is 604. The molecule has 126 valence electrons. The normalized spacial score (nSPS) is 18.9. The Morgan fingerprint density at radius 1 is 1.35 bits per heavy atom. The average molecular weight is 324 g/mol. The van der Waals surface area contributed by atoms with Gasteiger partial charge in [-0.15, -0.1) is 0 Å². The van der Waals surface area contributed by atoms with E-state index >= 15 is 0 Å². The predicted molar refractivity (Wildman–Crippen MR) is 83.6 cm³/mol. The van der Waals surface area contributed by atoms with E-state index in [9.17, 15) is 24.2 Å². The second kappa shape index (κ2) is 6.06. The molecule has 1 aromatic rings. The van der Waals surface area contributed by atoms with Crippen molar-refractivity contribution < 1.29 is 24.2 Å². The summed E-state index contributed by atoms with van der Waals surface area (Å²) in [6.45, 7) is 6.91. The summed E-state index contributed by atoms with van der Waals surface area (Å²) < 4.78 is 13.9. The number of hydrogen-bond donors (Lipinski definition) is 2. The predicted octanol–water partition coefficient (Wildman–Crippen LogP) is 2.56. The van der Waals surface area contributed by atoms with Crippen LogP contribution in [-0.4, -0.2) is 53.2 Å². The van der Waals surface area contributed by atoms with Gasteiger partial charge in [-0.25, -0.2) is 9.18 Å².